The van der Waals surface area contributed by atoms with Crippen LogP contribution >= 0.6 is 0 Å². The summed E-state index contributed by atoms with van der Waals surface area (Å²) in [6.07, 6.45) is 1.03. The summed E-state index contributed by atoms with van der Waals surface area (Å²) in [5.41, 5.74) is 0.294. The predicted molar refractivity (Wildman–Crippen MR) is 62.7 cm³/mol. The summed E-state index contributed by atoms with van der Waals surface area (Å²) in [7, 11) is 1.26. The minimum Gasteiger partial charge on any atom is -0.469 e. The first kappa shape index (κ1) is 13.6. The van der Waals surface area contributed by atoms with E-state index in [2.05, 4.69) is 20.0 Å². The van der Waals surface area contributed by atoms with Crippen molar-refractivity contribution in [2.45, 2.75) is 19.9 Å². The minimum atomic E-state index is -0.519. The van der Waals surface area contributed by atoms with Crippen LogP contribution in [0, 0.1) is 17.0 Å². The van der Waals surface area contributed by atoms with Gasteiger partial charge in [-0.25, -0.2) is 0 Å². The average molecular weight is 281 g/mol. The molecule has 2 aromatic heterocycles. The van der Waals surface area contributed by atoms with Crippen LogP contribution < -0.4 is 0 Å². The van der Waals surface area contributed by atoms with Crippen LogP contribution in [0.3, 0.4) is 0 Å². The van der Waals surface area contributed by atoms with Gasteiger partial charge in [0.1, 0.15) is 24.9 Å². The number of carbonyl (C=O) groups is 1. The van der Waals surface area contributed by atoms with Gasteiger partial charge in [0.15, 0.2) is 0 Å². The highest BCUT2D eigenvalue weighted by molar-refractivity contribution is 5.70. The van der Waals surface area contributed by atoms with Gasteiger partial charge in [0.2, 0.25) is 11.8 Å². The number of esters is 1. The Hall–Kier alpha value is -2.78. The Balaban J connectivity index is 2.11. The van der Waals surface area contributed by atoms with E-state index in [1.165, 1.54) is 11.8 Å². The summed E-state index contributed by atoms with van der Waals surface area (Å²) in [6.45, 7) is 1.66. The molecule has 0 radical (unpaired) electrons. The van der Waals surface area contributed by atoms with E-state index in [0.717, 1.165) is 6.20 Å². The van der Waals surface area contributed by atoms with Crippen molar-refractivity contribution in [2.75, 3.05) is 7.11 Å². The molecule has 2 rings (SSSR count). The second kappa shape index (κ2) is 5.47. The molecule has 0 aliphatic carbocycles. The lowest BCUT2D eigenvalue weighted by Crippen LogP contribution is -2.05. The van der Waals surface area contributed by atoms with Crippen LogP contribution in [0.25, 0.3) is 0 Å². The molecule has 0 bridgehead atoms. The summed E-state index contributed by atoms with van der Waals surface area (Å²) in [5, 5.41) is 22.0. The molecule has 0 fully saturated rings. The largest absolute Gasteiger partial charge is 0.469 e. The van der Waals surface area contributed by atoms with Crippen molar-refractivity contribution in [3.8, 4) is 0 Å². The number of methoxy groups -OCH3 is 1. The molecule has 2 heterocycles. The van der Waals surface area contributed by atoms with Gasteiger partial charge >= 0.3 is 11.7 Å². The zero-order valence-corrected chi connectivity index (χ0v) is 10.8. The first-order chi connectivity index (χ1) is 9.51. The van der Waals surface area contributed by atoms with E-state index in [4.69, 9.17) is 4.42 Å². The first-order valence-electron chi connectivity index (χ1n) is 5.56. The normalized spacial score (nSPS) is 10.5. The van der Waals surface area contributed by atoms with Crippen molar-refractivity contribution in [3.63, 3.8) is 0 Å². The second-order valence-corrected chi connectivity index (χ2v) is 3.87. The highest BCUT2D eigenvalue weighted by atomic mass is 16.6. The molecule has 0 saturated carbocycles. The molecular weight excluding hydrogens is 270 g/mol. The monoisotopic (exact) mass is 281 g/mol. The smallest absolute Gasteiger partial charge is 0.315 e. The maximum Gasteiger partial charge on any atom is 0.315 e. The van der Waals surface area contributed by atoms with Crippen molar-refractivity contribution in [1.29, 1.82) is 0 Å². The van der Waals surface area contributed by atoms with Gasteiger partial charge in [0.25, 0.3) is 0 Å². The Morgan fingerprint density at radius 3 is 2.80 bits per heavy atom. The number of ether oxygens (including phenoxy) is 1. The van der Waals surface area contributed by atoms with Crippen LogP contribution in [0.4, 0.5) is 5.69 Å². The zero-order chi connectivity index (χ0) is 14.7. The Kier molecular flexibility index (Phi) is 3.73. The lowest BCUT2D eigenvalue weighted by Gasteiger charge is -1.98. The van der Waals surface area contributed by atoms with Crippen molar-refractivity contribution < 1.29 is 18.9 Å². The van der Waals surface area contributed by atoms with Crippen LogP contribution in [-0.2, 0) is 22.5 Å². The molecule has 2 aromatic rings. The third-order valence-corrected chi connectivity index (χ3v) is 2.59. The fourth-order valence-electron chi connectivity index (χ4n) is 1.52. The highest BCUT2D eigenvalue weighted by Gasteiger charge is 2.18. The van der Waals surface area contributed by atoms with Crippen molar-refractivity contribution in [1.82, 2.24) is 20.0 Å². The molecule has 0 saturated heterocycles. The predicted octanol–water partition coefficient (Wildman–Crippen LogP) is 0.247. The highest BCUT2D eigenvalue weighted by Crippen LogP contribution is 2.17. The van der Waals surface area contributed by atoms with Crippen molar-refractivity contribution in [2.24, 2.45) is 0 Å². The summed E-state index contributed by atoms with van der Waals surface area (Å²) in [5.74, 6) is -0.178. The molecule has 0 N–H and O–H groups in total. The molecule has 0 aliphatic heterocycles. The third-order valence-electron chi connectivity index (χ3n) is 2.59. The summed E-state index contributed by atoms with van der Waals surface area (Å²) in [6, 6.07) is 0. The van der Waals surface area contributed by atoms with E-state index in [9.17, 15) is 14.9 Å². The molecule has 20 heavy (non-hydrogen) atoms. The van der Waals surface area contributed by atoms with Gasteiger partial charge in [0, 0.05) is 0 Å². The van der Waals surface area contributed by atoms with Gasteiger partial charge in [-0.05, 0) is 6.92 Å². The van der Waals surface area contributed by atoms with E-state index in [0.29, 0.717) is 5.69 Å². The minimum absolute atomic E-state index is 0.0840. The molecule has 0 atom stereocenters. The Bertz CT molecular complexity index is 646. The molecule has 10 nitrogen and oxygen atoms in total. The van der Waals surface area contributed by atoms with E-state index in [1.807, 2.05) is 0 Å². The third kappa shape index (κ3) is 2.79. The number of rotatable bonds is 5. The molecule has 0 unspecified atom stereocenters. The van der Waals surface area contributed by atoms with Crippen LogP contribution in [0.1, 0.15) is 17.5 Å². The fraction of sp³-hybridized carbons (Fsp3) is 0.400. The van der Waals surface area contributed by atoms with E-state index in [-0.39, 0.29) is 30.4 Å². The van der Waals surface area contributed by atoms with E-state index in [1.54, 1.807) is 6.92 Å². The maximum absolute atomic E-state index is 11.0. The number of aromatic nitrogens is 4. The van der Waals surface area contributed by atoms with Crippen LogP contribution in [0.15, 0.2) is 10.6 Å². The van der Waals surface area contributed by atoms with Crippen LogP contribution in [0.2, 0.25) is 0 Å². The fourth-order valence-corrected chi connectivity index (χ4v) is 1.52. The Morgan fingerprint density at radius 2 is 2.20 bits per heavy atom. The number of nitrogens with zero attached hydrogens (tertiary/aromatic N) is 5. The molecule has 10 heteroatoms. The van der Waals surface area contributed by atoms with Gasteiger partial charge in [-0.1, -0.05) is 0 Å². The summed E-state index contributed by atoms with van der Waals surface area (Å²) >= 11 is 0. The average Bonchev–Trinajstić information content (AvgIpc) is 2.98. The summed E-state index contributed by atoms with van der Waals surface area (Å²) < 4.78 is 11.1. The van der Waals surface area contributed by atoms with Gasteiger partial charge in [-0.2, -0.15) is 5.10 Å². The van der Waals surface area contributed by atoms with E-state index < -0.39 is 10.9 Å². The lowest BCUT2D eigenvalue weighted by atomic mass is 10.4. The molecular formula is C10H11N5O5. The van der Waals surface area contributed by atoms with Gasteiger partial charge in [-0.15, -0.1) is 10.2 Å². The van der Waals surface area contributed by atoms with Crippen molar-refractivity contribution >= 4 is 11.7 Å². The van der Waals surface area contributed by atoms with Gasteiger partial charge in [-0.3, -0.25) is 19.6 Å². The maximum atomic E-state index is 11.0. The van der Waals surface area contributed by atoms with Crippen LogP contribution in [0.5, 0.6) is 0 Å². The first-order valence-corrected chi connectivity index (χ1v) is 5.56. The Morgan fingerprint density at radius 1 is 1.50 bits per heavy atom. The molecule has 0 aromatic carbocycles. The SMILES string of the molecule is COC(=O)Cc1nnc(Cn2ncc([N+](=O)[O-])c2C)o1. The number of nitro groups is 1. The van der Waals surface area contributed by atoms with Crippen LogP contribution in [-0.4, -0.2) is 38.0 Å². The topological polar surface area (TPSA) is 126 Å². The molecule has 106 valence electrons. The second-order valence-electron chi connectivity index (χ2n) is 3.87. The summed E-state index contributed by atoms with van der Waals surface area (Å²) in [4.78, 5) is 21.2. The zero-order valence-electron chi connectivity index (χ0n) is 10.8. The number of carbonyl (C=O) groups excluding carboxylic acids is 1. The quantitative estimate of drug-likeness (QED) is 0.433. The van der Waals surface area contributed by atoms with Gasteiger partial charge < -0.3 is 9.15 Å². The molecule has 0 spiro atoms. The van der Waals surface area contributed by atoms with Crippen molar-refractivity contribution in [3.05, 3.63) is 33.8 Å². The Labute approximate surface area is 112 Å². The van der Waals surface area contributed by atoms with E-state index >= 15 is 0 Å². The number of hydrogen-bond acceptors (Lipinski definition) is 8. The standard InChI is InChI=1S/C10H11N5O5/c1-6-7(15(17)18)4-11-14(6)5-9-13-12-8(20-9)3-10(16)19-2/h4H,3,5H2,1-2H3. The molecule has 0 aliphatic rings. The molecule has 0 amide bonds. The number of hydrogen-bond donors (Lipinski definition) is 0. The lowest BCUT2D eigenvalue weighted by molar-refractivity contribution is -0.385. The van der Waals surface area contributed by atoms with Gasteiger partial charge in [0.05, 0.1) is 12.0 Å².